The molecule has 2 N–H and O–H groups in total. The van der Waals surface area contributed by atoms with Crippen LogP contribution in [-0.4, -0.2) is 22.5 Å². The normalized spacial score (nSPS) is 10.9. The van der Waals surface area contributed by atoms with Gasteiger partial charge in [-0.05, 0) is 24.6 Å². The summed E-state index contributed by atoms with van der Waals surface area (Å²) in [6.07, 6.45) is 3.26. The molecule has 0 unspecified atom stereocenters. The Morgan fingerprint density at radius 3 is 2.41 bits per heavy atom. The fourth-order valence-corrected chi connectivity index (χ4v) is 1.70. The quantitative estimate of drug-likeness (QED) is 0.506. The fourth-order valence-electron chi connectivity index (χ4n) is 1.70. The molecule has 0 saturated carbocycles. The van der Waals surface area contributed by atoms with Crippen LogP contribution in [0.25, 0.3) is 0 Å². The summed E-state index contributed by atoms with van der Waals surface area (Å²) in [5, 5.41) is 6.43. The van der Waals surface area contributed by atoms with Gasteiger partial charge in [0.25, 0.3) is 0 Å². The van der Waals surface area contributed by atoms with Crippen molar-refractivity contribution in [2.24, 2.45) is 5.10 Å². The van der Waals surface area contributed by atoms with Crippen LogP contribution in [0.5, 0.6) is 0 Å². The van der Waals surface area contributed by atoms with Crippen molar-refractivity contribution in [1.82, 2.24) is 15.7 Å². The highest BCUT2D eigenvalue weighted by Crippen LogP contribution is 1.98. The first kappa shape index (κ1) is 15.4. The number of nitrogens with zero attached hydrogens (tertiary/aromatic N) is 2. The highest BCUT2D eigenvalue weighted by Gasteiger charge is 2.12. The number of benzene rings is 1. The molecule has 2 aromatic rings. The van der Waals surface area contributed by atoms with E-state index in [1.807, 2.05) is 30.3 Å². The molecule has 0 fully saturated rings. The molecule has 0 atom stereocenters. The minimum Gasteiger partial charge on any atom is -0.344 e. The number of nitrogens with one attached hydrogen (secondary N) is 2. The van der Waals surface area contributed by atoms with Gasteiger partial charge in [0.2, 0.25) is 0 Å². The SMILES string of the molecule is CC(=NNC(=O)C(=O)NCc1ccccc1)c1ccncc1. The van der Waals surface area contributed by atoms with Crippen LogP contribution < -0.4 is 10.7 Å². The Morgan fingerprint density at radius 2 is 1.73 bits per heavy atom. The average molecular weight is 296 g/mol. The molecular weight excluding hydrogens is 280 g/mol. The smallest absolute Gasteiger partial charge is 0.329 e. The largest absolute Gasteiger partial charge is 0.344 e. The van der Waals surface area contributed by atoms with Crippen LogP contribution >= 0.6 is 0 Å². The zero-order valence-corrected chi connectivity index (χ0v) is 12.1. The van der Waals surface area contributed by atoms with E-state index in [1.54, 1.807) is 31.5 Å². The van der Waals surface area contributed by atoms with E-state index in [2.05, 4.69) is 20.8 Å². The number of amides is 2. The van der Waals surface area contributed by atoms with Crippen molar-refractivity contribution in [3.63, 3.8) is 0 Å². The number of hydrogen-bond donors (Lipinski definition) is 2. The Labute approximate surface area is 128 Å². The van der Waals surface area contributed by atoms with Gasteiger partial charge in [-0.3, -0.25) is 14.6 Å². The zero-order valence-electron chi connectivity index (χ0n) is 12.1. The van der Waals surface area contributed by atoms with E-state index in [0.717, 1.165) is 11.1 Å². The molecule has 1 aromatic heterocycles. The standard InChI is InChI=1S/C16H16N4O2/c1-12(14-7-9-17-10-8-14)19-20-16(22)15(21)18-11-13-5-3-2-4-6-13/h2-10H,11H2,1H3,(H,18,21)(H,20,22). The summed E-state index contributed by atoms with van der Waals surface area (Å²) in [5.74, 6) is -1.53. The second kappa shape index (κ2) is 7.68. The van der Waals surface area contributed by atoms with Crippen LogP contribution in [0.2, 0.25) is 0 Å². The Balaban J connectivity index is 1.85. The maximum Gasteiger partial charge on any atom is 0.329 e. The van der Waals surface area contributed by atoms with Crippen LogP contribution in [0, 0.1) is 0 Å². The van der Waals surface area contributed by atoms with E-state index in [4.69, 9.17) is 0 Å². The molecule has 0 aliphatic carbocycles. The minimum atomic E-state index is -0.802. The van der Waals surface area contributed by atoms with Crippen molar-refractivity contribution >= 4 is 17.5 Å². The molecule has 6 nitrogen and oxygen atoms in total. The van der Waals surface area contributed by atoms with E-state index in [-0.39, 0.29) is 0 Å². The number of aromatic nitrogens is 1. The van der Waals surface area contributed by atoms with Crippen LogP contribution in [0.4, 0.5) is 0 Å². The number of carbonyl (C=O) groups is 2. The lowest BCUT2D eigenvalue weighted by molar-refractivity contribution is -0.139. The predicted octanol–water partition coefficient (Wildman–Crippen LogP) is 1.24. The van der Waals surface area contributed by atoms with E-state index < -0.39 is 11.8 Å². The van der Waals surface area contributed by atoms with E-state index in [9.17, 15) is 9.59 Å². The maximum absolute atomic E-state index is 11.7. The molecule has 0 radical (unpaired) electrons. The van der Waals surface area contributed by atoms with Crippen LogP contribution in [0.1, 0.15) is 18.1 Å². The monoisotopic (exact) mass is 296 g/mol. The summed E-state index contributed by atoms with van der Waals surface area (Å²) >= 11 is 0. The highest BCUT2D eigenvalue weighted by molar-refractivity contribution is 6.35. The van der Waals surface area contributed by atoms with Gasteiger partial charge < -0.3 is 5.32 Å². The third-order valence-corrected chi connectivity index (χ3v) is 2.93. The van der Waals surface area contributed by atoms with Crippen molar-refractivity contribution in [2.75, 3.05) is 0 Å². The Morgan fingerprint density at radius 1 is 1.05 bits per heavy atom. The maximum atomic E-state index is 11.7. The minimum absolute atomic E-state index is 0.292. The van der Waals surface area contributed by atoms with Crippen molar-refractivity contribution in [3.05, 3.63) is 66.0 Å². The first-order valence-electron chi connectivity index (χ1n) is 6.73. The van der Waals surface area contributed by atoms with Crippen LogP contribution in [0.15, 0.2) is 60.0 Å². The topological polar surface area (TPSA) is 83.5 Å². The molecule has 6 heteroatoms. The zero-order chi connectivity index (χ0) is 15.8. The van der Waals surface area contributed by atoms with Gasteiger partial charge in [-0.1, -0.05) is 30.3 Å². The summed E-state index contributed by atoms with van der Waals surface area (Å²) in [7, 11) is 0. The second-order valence-electron chi connectivity index (χ2n) is 4.54. The number of hydrogen-bond acceptors (Lipinski definition) is 4. The molecular formula is C16H16N4O2. The molecule has 2 rings (SSSR count). The molecule has 0 aliphatic heterocycles. The van der Waals surface area contributed by atoms with Gasteiger partial charge in [0.15, 0.2) is 0 Å². The van der Waals surface area contributed by atoms with Crippen LogP contribution in [-0.2, 0) is 16.1 Å². The molecule has 0 spiro atoms. The number of hydrazone groups is 1. The summed E-state index contributed by atoms with van der Waals surface area (Å²) in [6, 6.07) is 12.9. The van der Waals surface area contributed by atoms with Crippen molar-refractivity contribution in [1.29, 1.82) is 0 Å². The van der Waals surface area contributed by atoms with Gasteiger partial charge >= 0.3 is 11.8 Å². The van der Waals surface area contributed by atoms with Gasteiger partial charge in [0, 0.05) is 24.5 Å². The van der Waals surface area contributed by atoms with Gasteiger partial charge in [0.05, 0.1) is 5.71 Å². The molecule has 1 aromatic carbocycles. The van der Waals surface area contributed by atoms with Gasteiger partial charge in [-0.25, -0.2) is 5.43 Å². The number of rotatable bonds is 4. The highest BCUT2D eigenvalue weighted by atomic mass is 16.2. The van der Waals surface area contributed by atoms with E-state index >= 15 is 0 Å². The van der Waals surface area contributed by atoms with Gasteiger partial charge in [-0.2, -0.15) is 5.10 Å². The van der Waals surface area contributed by atoms with E-state index in [0.29, 0.717) is 12.3 Å². The predicted molar refractivity (Wildman–Crippen MR) is 82.9 cm³/mol. The van der Waals surface area contributed by atoms with Crippen molar-refractivity contribution in [3.8, 4) is 0 Å². The third-order valence-electron chi connectivity index (χ3n) is 2.93. The third kappa shape index (κ3) is 4.52. The number of pyridine rings is 1. The first-order valence-corrected chi connectivity index (χ1v) is 6.73. The second-order valence-corrected chi connectivity index (χ2v) is 4.54. The lowest BCUT2D eigenvalue weighted by atomic mass is 10.2. The van der Waals surface area contributed by atoms with E-state index in [1.165, 1.54) is 0 Å². The Hall–Kier alpha value is -3.02. The Bertz CT molecular complexity index is 669. The lowest BCUT2D eigenvalue weighted by Crippen LogP contribution is -2.37. The fraction of sp³-hybridized carbons (Fsp3) is 0.125. The van der Waals surface area contributed by atoms with Gasteiger partial charge in [0.1, 0.15) is 0 Å². The van der Waals surface area contributed by atoms with Crippen LogP contribution in [0.3, 0.4) is 0 Å². The lowest BCUT2D eigenvalue weighted by Gasteiger charge is -2.05. The van der Waals surface area contributed by atoms with Crippen molar-refractivity contribution < 1.29 is 9.59 Å². The summed E-state index contributed by atoms with van der Waals surface area (Å²) < 4.78 is 0. The molecule has 1 heterocycles. The Kier molecular flexibility index (Phi) is 5.37. The summed E-state index contributed by atoms with van der Waals surface area (Å²) in [6.45, 7) is 2.03. The molecule has 0 bridgehead atoms. The summed E-state index contributed by atoms with van der Waals surface area (Å²) in [5.41, 5.74) is 4.56. The first-order chi connectivity index (χ1) is 10.7. The van der Waals surface area contributed by atoms with Crippen molar-refractivity contribution in [2.45, 2.75) is 13.5 Å². The summed E-state index contributed by atoms with van der Waals surface area (Å²) in [4.78, 5) is 27.2. The molecule has 0 aliphatic rings. The molecule has 112 valence electrons. The van der Waals surface area contributed by atoms with Gasteiger partial charge in [-0.15, -0.1) is 0 Å². The average Bonchev–Trinajstić information content (AvgIpc) is 2.58. The molecule has 0 saturated heterocycles. The molecule has 22 heavy (non-hydrogen) atoms. The molecule has 2 amide bonds. The number of carbonyl (C=O) groups excluding carboxylic acids is 2.